The van der Waals surface area contributed by atoms with Gasteiger partial charge in [-0.15, -0.1) is 0 Å². The van der Waals surface area contributed by atoms with Crippen molar-refractivity contribution in [1.29, 1.82) is 0 Å². The van der Waals surface area contributed by atoms with E-state index in [0.717, 1.165) is 11.4 Å². The van der Waals surface area contributed by atoms with Crippen molar-refractivity contribution in [3.8, 4) is 44.0 Å². The van der Waals surface area contributed by atoms with Gasteiger partial charge in [0.2, 0.25) is 0 Å². The van der Waals surface area contributed by atoms with Gasteiger partial charge in [-0.05, 0) is 102 Å². The molecule has 0 spiro atoms. The van der Waals surface area contributed by atoms with E-state index in [4.69, 9.17) is 0 Å². The zero-order valence-corrected chi connectivity index (χ0v) is 30.5. The smallest absolute Gasteiger partial charge is 0.0869 e. The zero-order chi connectivity index (χ0) is 33.6. The zero-order valence-electron chi connectivity index (χ0n) is 27.3. The van der Waals surface area contributed by atoms with E-state index >= 15 is 0 Å². The molecule has 240 valence electrons. The predicted octanol–water partition coefficient (Wildman–Crippen LogP) is 12.5. The molecule has 0 atom stereocenters. The molecule has 8 aromatic rings. The van der Waals surface area contributed by atoms with Crippen LogP contribution in [-0.4, -0.2) is 17.5 Å². The first-order valence-corrected chi connectivity index (χ1v) is 18.6. The highest BCUT2D eigenvalue weighted by Gasteiger charge is 2.04. The van der Waals surface area contributed by atoms with Crippen LogP contribution in [0.1, 0.15) is 21.7 Å². The number of rotatable bonds is 4. The fraction of sp³-hybridized carbons (Fsp3) is 0.100. The quantitative estimate of drug-likeness (QED) is 0.183. The fourth-order valence-electron chi connectivity index (χ4n) is 4.70. The van der Waals surface area contributed by atoms with Crippen molar-refractivity contribution < 1.29 is 0 Å². The van der Waals surface area contributed by atoms with Crippen LogP contribution in [0.2, 0.25) is 0 Å². The van der Waals surface area contributed by atoms with Gasteiger partial charge in [0, 0.05) is 44.7 Å². The Bertz CT molecular complexity index is 1760. The van der Waals surface area contributed by atoms with Crippen LogP contribution in [0.3, 0.4) is 0 Å². The lowest BCUT2D eigenvalue weighted by Crippen LogP contribution is -1.77. The molecule has 0 aliphatic rings. The molecule has 0 saturated heterocycles. The molecule has 0 bridgehead atoms. The van der Waals surface area contributed by atoms with Gasteiger partial charge in [0.15, 0.2) is 0 Å². The number of nitrogens with zero attached hydrogens (tertiary/aromatic N) is 4. The standard InChI is InChI=1S/4C10H9NS/c1-8-10(7-12-11-8)9-5-3-2-4-6-9;1-8-10(7-11-12-8)9-5-3-2-4-6-9;1-8-7-12-11-10(8)9-5-3-2-4-6-9;1-8-7-11-12-10(8)9-5-3-2-4-6-9/h4*2-7H,1H3. The van der Waals surface area contributed by atoms with E-state index in [1.54, 1.807) is 23.1 Å². The normalized spacial score (nSPS) is 10.1. The van der Waals surface area contributed by atoms with Crippen molar-refractivity contribution >= 4 is 46.1 Å². The van der Waals surface area contributed by atoms with Gasteiger partial charge >= 0.3 is 0 Å². The number of hydrogen-bond donors (Lipinski definition) is 0. The van der Waals surface area contributed by atoms with Gasteiger partial charge in [-0.25, -0.2) is 8.75 Å². The van der Waals surface area contributed by atoms with E-state index < -0.39 is 0 Å². The molecule has 8 rings (SSSR count). The molecule has 4 aromatic heterocycles. The van der Waals surface area contributed by atoms with Crippen LogP contribution < -0.4 is 0 Å². The first-order chi connectivity index (χ1) is 23.5. The van der Waals surface area contributed by atoms with Crippen molar-refractivity contribution in [3.63, 3.8) is 0 Å². The van der Waals surface area contributed by atoms with Crippen molar-refractivity contribution in [2.75, 3.05) is 0 Å². The highest BCUT2D eigenvalue weighted by Crippen LogP contribution is 2.27. The number of aryl methyl sites for hydroxylation is 4. The highest BCUT2D eigenvalue weighted by atomic mass is 32.1. The van der Waals surface area contributed by atoms with Gasteiger partial charge in [-0.1, -0.05) is 121 Å². The minimum Gasteiger partial charge on any atom is -0.200 e. The highest BCUT2D eigenvalue weighted by molar-refractivity contribution is 7.09. The summed E-state index contributed by atoms with van der Waals surface area (Å²) in [6.07, 6.45) is 3.84. The Balaban J connectivity index is 0.000000125. The first kappa shape index (κ1) is 34.7. The molecule has 0 unspecified atom stereocenters. The monoisotopic (exact) mass is 700 g/mol. The third-order valence-electron chi connectivity index (χ3n) is 7.25. The van der Waals surface area contributed by atoms with Crippen molar-refractivity contribution in [2.24, 2.45) is 0 Å². The lowest BCUT2D eigenvalue weighted by molar-refractivity contribution is 1.34. The lowest BCUT2D eigenvalue weighted by atomic mass is 10.1. The van der Waals surface area contributed by atoms with Crippen molar-refractivity contribution in [2.45, 2.75) is 27.7 Å². The average Bonchev–Trinajstić information content (AvgIpc) is 3.96. The first-order valence-electron chi connectivity index (χ1n) is 15.4. The summed E-state index contributed by atoms with van der Waals surface area (Å²) in [5.41, 5.74) is 12.2. The van der Waals surface area contributed by atoms with Crippen molar-refractivity contribution in [3.05, 3.63) is 166 Å². The van der Waals surface area contributed by atoms with Gasteiger partial charge < -0.3 is 0 Å². The minimum atomic E-state index is 1.11. The molecule has 48 heavy (non-hydrogen) atoms. The molecule has 4 nitrogen and oxygen atoms in total. The molecule has 0 fully saturated rings. The van der Waals surface area contributed by atoms with E-state index in [0.29, 0.717) is 0 Å². The lowest BCUT2D eigenvalue weighted by Gasteiger charge is -1.96. The van der Waals surface area contributed by atoms with E-state index in [-0.39, 0.29) is 0 Å². The SMILES string of the molecule is Cc1cnsc1-c1ccccc1.Cc1csnc1-c1ccccc1.Cc1nscc1-c1ccccc1.Cc1sncc1-c1ccccc1. The molecule has 0 radical (unpaired) electrons. The summed E-state index contributed by atoms with van der Waals surface area (Å²) in [7, 11) is 0. The fourth-order valence-corrected chi connectivity index (χ4v) is 7.44. The van der Waals surface area contributed by atoms with Gasteiger partial charge in [0.05, 0.1) is 16.3 Å². The summed E-state index contributed by atoms with van der Waals surface area (Å²) in [5.74, 6) is 0. The van der Waals surface area contributed by atoms with Gasteiger partial charge in [0.1, 0.15) is 0 Å². The Labute approximate surface area is 299 Å². The number of benzene rings is 4. The van der Waals surface area contributed by atoms with Crippen molar-refractivity contribution in [1.82, 2.24) is 17.5 Å². The second-order valence-corrected chi connectivity index (χ2v) is 13.8. The second kappa shape index (κ2) is 18.1. The van der Waals surface area contributed by atoms with Crippen LogP contribution in [-0.2, 0) is 0 Å². The minimum absolute atomic E-state index is 1.11. The molecular weight excluding hydrogens is 665 g/mol. The summed E-state index contributed by atoms with van der Waals surface area (Å²) < 4.78 is 16.8. The van der Waals surface area contributed by atoms with E-state index in [1.807, 2.05) is 80.0 Å². The van der Waals surface area contributed by atoms with Crippen LogP contribution >= 0.6 is 46.1 Å². The van der Waals surface area contributed by atoms with E-state index in [9.17, 15) is 0 Å². The summed E-state index contributed by atoms with van der Waals surface area (Å²) in [6.45, 7) is 8.32. The van der Waals surface area contributed by atoms with Crippen LogP contribution in [0.25, 0.3) is 44.0 Å². The van der Waals surface area contributed by atoms with E-state index in [1.165, 1.54) is 77.3 Å². The van der Waals surface area contributed by atoms with Gasteiger partial charge in [-0.2, -0.15) is 8.75 Å². The third-order valence-corrected chi connectivity index (χ3v) is 10.4. The molecular formula is C40H36N4S4. The summed E-state index contributed by atoms with van der Waals surface area (Å²) in [6, 6.07) is 41.3. The molecule has 8 heteroatoms. The Morgan fingerprint density at radius 2 is 0.938 bits per heavy atom. The van der Waals surface area contributed by atoms with Crippen LogP contribution in [0.15, 0.2) is 144 Å². The Morgan fingerprint density at radius 1 is 0.438 bits per heavy atom. The maximum atomic E-state index is 4.33. The Kier molecular flexibility index (Phi) is 13.1. The predicted molar refractivity (Wildman–Crippen MR) is 209 cm³/mol. The molecule has 0 saturated carbocycles. The average molecular weight is 701 g/mol. The number of aromatic nitrogens is 4. The molecule has 0 amide bonds. The summed E-state index contributed by atoms with van der Waals surface area (Å²) >= 11 is 6.12. The molecule has 4 aromatic carbocycles. The van der Waals surface area contributed by atoms with Crippen LogP contribution in [0.4, 0.5) is 0 Å². The van der Waals surface area contributed by atoms with Crippen LogP contribution in [0.5, 0.6) is 0 Å². The molecule has 0 N–H and O–H groups in total. The Morgan fingerprint density at radius 3 is 1.38 bits per heavy atom. The third kappa shape index (κ3) is 9.71. The largest absolute Gasteiger partial charge is 0.200 e. The molecule has 4 heterocycles. The topological polar surface area (TPSA) is 51.6 Å². The van der Waals surface area contributed by atoms with Gasteiger partial charge in [-0.3, -0.25) is 0 Å². The van der Waals surface area contributed by atoms with Crippen LogP contribution in [0, 0.1) is 27.7 Å². The Hall–Kier alpha value is -4.60. The maximum Gasteiger partial charge on any atom is 0.0869 e. The summed E-state index contributed by atoms with van der Waals surface area (Å²) in [5, 5.41) is 4.16. The second-order valence-electron chi connectivity index (χ2n) is 10.8. The maximum absolute atomic E-state index is 4.33. The molecule has 0 aliphatic heterocycles. The van der Waals surface area contributed by atoms with E-state index in [2.05, 4.69) is 110 Å². The molecule has 0 aliphatic carbocycles. The van der Waals surface area contributed by atoms with Gasteiger partial charge in [0.25, 0.3) is 0 Å². The summed E-state index contributed by atoms with van der Waals surface area (Å²) in [4.78, 5) is 2.55. The number of hydrogen-bond acceptors (Lipinski definition) is 8.